The average Bonchev–Trinajstić information content (AvgIpc) is 3.24. The number of hydrogen-bond donors (Lipinski definition) is 2. The standard InChI is InChI=1S/C15H10ClN7O/c16-10-3-1-2-4-11(10)23-6-9(5-21-23)22-15(24)13-12-14(19-7-17-12)20-8-18-13/h1-8H,(H,22,24)(H,17,18,19,20). The van der Waals surface area contributed by atoms with Crippen molar-refractivity contribution in [3.63, 3.8) is 0 Å². The molecule has 0 unspecified atom stereocenters. The second kappa shape index (κ2) is 5.74. The molecule has 0 radical (unpaired) electrons. The number of imidazole rings is 1. The number of benzene rings is 1. The topological polar surface area (TPSA) is 101 Å². The number of carbonyl (C=O) groups is 1. The van der Waals surface area contributed by atoms with Crippen LogP contribution in [0, 0.1) is 0 Å². The molecule has 0 spiro atoms. The first-order chi connectivity index (χ1) is 11.7. The predicted molar refractivity (Wildman–Crippen MR) is 88.2 cm³/mol. The molecule has 2 N–H and O–H groups in total. The van der Waals surface area contributed by atoms with E-state index < -0.39 is 0 Å². The number of anilines is 1. The van der Waals surface area contributed by atoms with E-state index in [0.717, 1.165) is 5.69 Å². The molecule has 0 aliphatic carbocycles. The van der Waals surface area contributed by atoms with E-state index in [2.05, 4.69) is 30.4 Å². The van der Waals surface area contributed by atoms with E-state index >= 15 is 0 Å². The number of aromatic nitrogens is 6. The van der Waals surface area contributed by atoms with Crippen LogP contribution in [0.3, 0.4) is 0 Å². The summed E-state index contributed by atoms with van der Waals surface area (Å²) in [5.41, 5.74) is 2.36. The Labute approximate surface area is 140 Å². The smallest absolute Gasteiger partial charge is 0.276 e. The predicted octanol–water partition coefficient (Wildman–Crippen LogP) is 2.44. The molecule has 0 aliphatic rings. The molecule has 1 amide bonds. The van der Waals surface area contributed by atoms with Crippen LogP contribution in [-0.4, -0.2) is 35.6 Å². The highest BCUT2D eigenvalue weighted by atomic mass is 35.5. The largest absolute Gasteiger partial charge is 0.341 e. The lowest BCUT2D eigenvalue weighted by Gasteiger charge is -2.03. The summed E-state index contributed by atoms with van der Waals surface area (Å²) in [6.07, 6.45) is 5.97. The van der Waals surface area contributed by atoms with Gasteiger partial charge in [-0.25, -0.2) is 19.6 Å². The highest BCUT2D eigenvalue weighted by Gasteiger charge is 2.15. The zero-order valence-electron chi connectivity index (χ0n) is 12.1. The van der Waals surface area contributed by atoms with Gasteiger partial charge in [-0.1, -0.05) is 23.7 Å². The second-order valence-electron chi connectivity index (χ2n) is 4.90. The number of H-pyrrole nitrogens is 1. The average molecular weight is 340 g/mol. The van der Waals surface area contributed by atoms with Crippen LogP contribution in [0.1, 0.15) is 10.5 Å². The van der Waals surface area contributed by atoms with E-state index in [-0.39, 0.29) is 11.6 Å². The van der Waals surface area contributed by atoms with Crippen molar-refractivity contribution < 1.29 is 4.79 Å². The first-order valence-electron chi connectivity index (χ1n) is 6.97. The molecule has 0 bridgehead atoms. The molecule has 0 aliphatic heterocycles. The van der Waals surface area contributed by atoms with E-state index in [1.54, 1.807) is 16.9 Å². The quantitative estimate of drug-likeness (QED) is 0.597. The summed E-state index contributed by atoms with van der Waals surface area (Å²) < 4.78 is 1.59. The molecule has 118 valence electrons. The molecule has 4 rings (SSSR count). The summed E-state index contributed by atoms with van der Waals surface area (Å²) in [6, 6.07) is 7.30. The number of nitrogens with one attached hydrogen (secondary N) is 2. The van der Waals surface area contributed by atoms with Crippen molar-refractivity contribution in [3.8, 4) is 5.69 Å². The molecule has 24 heavy (non-hydrogen) atoms. The van der Waals surface area contributed by atoms with Crippen LogP contribution in [0.4, 0.5) is 5.69 Å². The summed E-state index contributed by atoms with van der Waals surface area (Å²) in [7, 11) is 0. The van der Waals surface area contributed by atoms with Gasteiger partial charge in [0.2, 0.25) is 0 Å². The number of rotatable bonds is 3. The lowest BCUT2D eigenvalue weighted by Crippen LogP contribution is -2.14. The number of hydrogen-bond acceptors (Lipinski definition) is 5. The molecular formula is C15H10ClN7O. The van der Waals surface area contributed by atoms with Crippen LogP contribution in [0.2, 0.25) is 5.02 Å². The molecule has 3 aromatic heterocycles. The summed E-state index contributed by atoms with van der Waals surface area (Å²) in [4.78, 5) is 27.3. The molecule has 4 aromatic rings. The van der Waals surface area contributed by atoms with E-state index in [4.69, 9.17) is 11.6 Å². The normalized spacial score (nSPS) is 10.9. The summed E-state index contributed by atoms with van der Waals surface area (Å²) in [6.45, 7) is 0. The third kappa shape index (κ3) is 2.48. The zero-order chi connectivity index (χ0) is 16.5. The van der Waals surface area contributed by atoms with E-state index in [1.165, 1.54) is 18.9 Å². The fraction of sp³-hybridized carbons (Fsp3) is 0. The minimum Gasteiger partial charge on any atom is -0.341 e. The van der Waals surface area contributed by atoms with Gasteiger partial charge in [0.05, 0.1) is 35.1 Å². The van der Waals surface area contributed by atoms with Crippen molar-refractivity contribution in [2.45, 2.75) is 0 Å². The molecule has 9 heteroatoms. The van der Waals surface area contributed by atoms with Crippen molar-refractivity contribution in [1.82, 2.24) is 29.7 Å². The fourth-order valence-corrected chi connectivity index (χ4v) is 2.51. The minimum atomic E-state index is -0.384. The number of amides is 1. The summed E-state index contributed by atoms with van der Waals surface area (Å²) >= 11 is 6.15. The Kier molecular flexibility index (Phi) is 3.43. The van der Waals surface area contributed by atoms with Crippen LogP contribution >= 0.6 is 11.6 Å². The van der Waals surface area contributed by atoms with Gasteiger partial charge < -0.3 is 10.3 Å². The molecule has 0 saturated carbocycles. The minimum absolute atomic E-state index is 0.211. The number of aromatic amines is 1. The number of carbonyl (C=O) groups excluding carboxylic acids is 1. The van der Waals surface area contributed by atoms with Gasteiger partial charge in [-0.2, -0.15) is 5.10 Å². The molecule has 0 saturated heterocycles. The van der Waals surface area contributed by atoms with Gasteiger partial charge in [0.1, 0.15) is 11.8 Å². The number of para-hydroxylation sites is 1. The Hall–Kier alpha value is -3.26. The van der Waals surface area contributed by atoms with Gasteiger partial charge in [-0.05, 0) is 12.1 Å². The van der Waals surface area contributed by atoms with Gasteiger partial charge in [0.25, 0.3) is 5.91 Å². The molecule has 0 atom stereocenters. The lowest BCUT2D eigenvalue weighted by molar-refractivity contribution is 0.102. The molecule has 8 nitrogen and oxygen atoms in total. The molecule has 0 fully saturated rings. The van der Waals surface area contributed by atoms with Gasteiger partial charge in [0.15, 0.2) is 11.3 Å². The van der Waals surface area contributed by atoms with E-state index in [0.29, 0.717) is 21.9 Å². The highest BCUT2D eigenvalue weighted by Crippen LogP contribution is 2.21. The summed E-state index contributed by atoms with van der Waals surface area (Å²) in [5.74, 6) is -0.384. The molecular weight excluding hydrogens is 330 g/mol. The van der Waals surface area contributed by atoms with Gasteiger partial charge in [-0.15, -0.1) is 0 Å². The van der Waals surface area contributed by atoms with Crippen molar-refractivity contribution in [2.75, 3.05) is 5.32 Å². The number of nitrogens with zero attached hydrogens (tertiary/aromatic N) is 5. The Balaban J connectivity index is 1.61. The maximum atomic E-state index is 12.4. The van der Waals surface area contributed by atoms with Crippen molar-refractivity contribution in [3.05, 3.63) is 60.0 Å². The fourth-order valence-electron chi connectivity index (χ4n) is 2.28. The monoisotopic (exact) mass is 339 g/mol. The third-order valence-electron chi connectivity index (χ3n) is 3.38. The van der Waals surface area contributed by atoms with Gasteiger partial charge in [0, 0.05) is 0 Å². The molecule has 3 heterocycles. The lowest BCUT2D eigenvalue weighted by atomic mass is 10.3. The first-order valence-corrected chi connectivity index (χ1v) is 7.35. The number of fused-ring (bicyclic) bond motifs is 1. The highest BCUT2D eigenvalue weighted by molar-refractivity contribution is 6.32. The maximum Gasteiger partial charge on any atom is 0.276 e. The van der Waals surface area contributed by atoms with Crippen LogP contribution in [0.5, 0.6) is 0 Å². The Morgan fingerprint density at radius 2 is 2.08 bits per heavy atom. The van der Waals surface area contributed by atoms with Gasteiger partial charge in [-0.3, -0.25) is 4.79 Å². The Morgan fingerprint density at radius 1 is 1.21 bits per heavy atom. The maximum absolute atomic E-state index is 12.4. The summed E-state index contributed by atoms with van der Waals surface area (Å²) in [5, 5.41) is 7.52. The van der Waals surface area contributed by atoms with Crippen molar-refractivity contribution in [2.24, 2.45) is 0 Å². The molecule has 1 aromatic carbocycles. The SMILES string of the molecule is O=C(Nc1cnn(-c2ccccc2Cl)c1)c1ncnc2nc[nH]c12. The van der Waals surface area contributed by atoms with Gasteiger partial charge >= 0.3 is 0 Å². The Morgan fingerprint density at radius 3 is 2.96 bits per heavy atom. The first kappa shape index (κ1) is 14.3. The van der Waals surface area contributed by atoms with Crippen LogP contribution < -0.4 is 5.32 Å². The van der Waals surface area contributed by atoms with Crippen LogP contribution in [0.15, 0.2) is 49.3 Å². The Bertz CT molecular complexity index is 1040. The van der Waals surface area contributed by atoms with Crippen LogP contribution in [0.25, 0.3) is 16.9 Å². The van der Waals surface area contributed by atoms with Crippen molar-refractivity contribution >= 4 is 34.4 Å². The van der Waals surface area contributed by atoms with E-state index in [1.807, 2.05) is 18.2 Å². The third-order valence-corrected chi connectivity index (χ3v) is 3.70. The number of halogens is 1. The van der Waals surface area contributed by atoms with Crippen LogP contribution in [-0.2, 0) is 0 Å². The van der Waals surface area contributed by atoms with E-state index in [9.17, 15) is 4.79 Å². The second-order valence-corrected chi connectivity index (χ2v) is 5.31. The zero-order valence-corrected chi connectivity index (χ0v) is 12.9. The van der Waals surface area contributed by atoms with Crippen molar-refractivity contribution in [1.29, 1.82) is 0 Å².